The molecule has 86 valence electrons. The molecule has 1 saturated carbocycles. The number of nitro benzene ring substituents is 1. The van der Waals surface area contributed by atoms with E-state index in [-0.39, 0.29) is 17.5 Å². The van der Waals surface area contributed by atoms with Gasteiger partial charge in [0.05, 0.1) is 11.0 Å². The van der Waals surface area contributed by atoms with Gasteiger partial charge in [0.1, 0.15) is 0 Å². The minimum Gasteiger partial charge on any atom is -0.483 e. The molecular weight excluding hydrogens is 230 g/mol. The monoisotopic (exact) mass is 241 g/mol. The molecule has 1 fully saturated rings. The molecule has 16 heavy (non-hydrogen) atoms. The zero-order valence-corrected chi connectivity index (χ0v) is 9.44. The van der Waals surface area contributed by atoms with Crippen LogP contribution in [-0.4, -0.2) is 11.0 Å². The fourth-order valence-corrected chi connectivity index (χ4v) is 2.08. The smallest absolute Gasteiger partial charge is 0.311 e. The fourth-order valence-electron chi connectivity index (χ4n) is 1.92. The van der Waals surface area contributed by atoms with E-state index in [2.05, 4.69) is 0 Å². The van der Waals surface area contributed by atoms with Crippen LogP contribution in [0.3, 0.4) is 0 Å². The molecule has 1 aliphatic rings. The summed E-state index contributed by atoms with van der Waals surface area (Å²) in [4.78, 5) is 10.3. The lowest BCUT2D eigenvalue weighted by atomic mass is 10.2. The van der Waals surface area contributed by atoms with Gasteiger partial charge in [0.15, 0.2) is 5.75 Å². The van der Waals surface area contributed by atoms with Crippen molar-refractivity contribution in [3.8, 4) is 5.75 Å². The van der Waals surface area contributed by atoms with E-state index in [1.165, 1.54) is 18.2 Å². The second-order valence-corrected chi connectivity index (χ2v) is 4.33. The van der Waals surface area contributed by atoms with E-state index in [4.69, 9.17) is 16.3 Å². The summed E-state index contributed by atoms with van der Waals surface area (Å²) in [5, 5.41) is 11.2. The largest absolute Gasteiger partial charge is 0.483 e. The van der Waals surface area contributed by atoms with Crippen molar-refractivity contribution in [3.05, 3.63) is 33.3 Å². The van der Waals surface area contributed by atoms with Crippen molar-refractivity contribution in [3.63, 3.8) is 0 Å². The summed E-state index contributed by atoms with van der Waals surface area (Å²) in [5.74, 6) is 0.282. The third-order valence-electron chi connectivity index (χ3n) is 2.71. The summed E-state index contributed by atoms with van der Waals surface area (Å²) < 4.78 is 5.62. The molecule has 0 amide bonds. The van der Waals surface area contributed by atoms with Gasteiger partial charge in [0.25, 0.3) is 0 Å². The van der Waals surface area contributed by atoms with Crippen LogP contribution in [0.15, 0.2) is 18.2 Å². The summed E-state index contributed by atoms with van der Waals surface area (Å²) >= 11 is 5.80. The average Bonchev–Trinajstić information content (AvgIpc) is 2.70. The predicted molar refractivity (Wildman–Crippen MR) is 61.0 cm³/mol. The Morgan fingerprint density at radius 3 is 2.69 bits per heavy atom. The van der Waals surface area contributed by atoms with Crippen molar-refractivity contribution in [2.24, 2.45) is 0 Å². The van der Waals surface area contributed by atoms with Crippen molar-refractivity contribution < 1.29 is 9.66 Å². The summed E-state index contributed by atoms with van der Waals surface area (Å²) in [6.07, 6.45) is 4.27. The summed E-state index contributed by atoms with van der Waals surface area (Å²) in [5.41, 5.74) is -0.0173. The summed E-state index contributed by atoms with van der Waals surface area (Å²) in [6, 6.07) is 4.39. The molecule has 1 aliphatic carbocycles. The van der Waals surface area contributed by atoms with Crippen LogP contribution < -0.4 is 4.74 Å². The number of ether oxygens (including phenoxy) is 1. The number of benzene rings is 1. The molecule has 0 bridgehead atoms. The van der Waals surface area contributed by atoms with Gasteiger partial charge in [-0.05, 0) is 31.7 Å². The highest BCUT2D eigenvalue weighted by molar-refractivity contribution is 6.30. The molecule has 0 N–H and O–H groups in total. The van der Waals surface area contributed by atoms with Crippen LogP contribution in [0.25, 0.3) is 0 Å². The molecular formula is C11H12ClNO3. The average molecular weight is 242 g/mol. The van der Waals surface area contributed by atoms with E-state index in [0.717, 1.165) is 25.7 Å². The third kappa shape index (κ3) is 2.44. The Hall–Kier alpha value is -1.29. The number of nitrogens with zero attached hydrogens (tertiary/aromatic N) is 1. The van der Waals surface area contributed by atoms with Crippen molar-refractivity contribution in [1.29, 1.82) is 0 Å². The number of nitro groups is 1. The number of hydrogen-bond acceptors (Lipinski definition) is 3. The minimum atomic E-state index is -0.444. The van der Waals surface area contributed by atoms with Gasteiger partial charge in [0, 0.05) is 17.2 Å². The molecule has 0 radical (unpaired) electrons. The van der Waals surface area contributed by atoms with Crippen molar-refractivity contribution in [2.45, 2.75) is 31.8 Å². The molecule has 0 aromatic heterocycles. The van der Waals surface area contributed by atoms with Crippen LogP contribution in [0.2, 0.25) is 5.02 Å². The van der Waals surface area contributed by atoms with E-state index >= 15 is 0 Å². The van der Waals surface area contributed by atoms with Crippen LogP contribution in [0.1, 0.15) is 25.7 Å². The Bertz CT molecular complexity index is 402. The van der Waals surface area contributed by atoms with Gasteiger partial charge < -0.3 is 4.74 Å². The van der Waals surface area contributed by atoms with Crippen LogP contribution in [-0.2, 0) is 0 Å². The quantitative estimate of drug-likeness (QED) is 0.600. The van der Waals surface area contributed by atoms with E-state index in [9.17, 15) is 10.1 Å². The van der Waals surface area contributed by atoms with Crippen LogP contribution in [0.4, 0.5) is 5.69 Å². The molecule has 4 nitrogen and oxygen atoms in total. The number of hydrogen-bond donors (Lipinski definition) is 0. The molecule has 1 aromatic rings. The zero-order chi connectivity index (χ0) is 11.5. The second kappa shape index (κ2) is 4.70. The van der Waals surface area contributed by atoms with E-state index in [1.807, 2.05) is 0 Å². The van der Waals surface area contributed by atoms with Gasteiger partial charge in [0.2, 0.25) is 0 Å². The highest BCUT2D eigenvalue weighted by atomic mass is 35.5. The maximum Gasteiger partial charge on any atom is 0.311 e. The molecule has 0 atom stereocenters. The normalized spacial score (nSPS) is 16.3. The Labute approximate surface area is 98.3 Å². The molecule has 2 rings (SSSR count). The molecule has 0 heterocycles. The summed E-state index contributed by atoms with van der Waals surface area (Å²) in [6.45, 7) is 0. The van der Waals surface area contributed by atoms with Crippen molar-refractivity contribution in [1.82, 2.24) is 0 Å². The Balaban J connectivity index is 2.22. The molecule has 0 spiro atoms. The van der Waals surface area contributed by atoms with Crippen LogP contribution in [0.5, 0.6) is 5.75 Å². The molecule has 5 heteroatoms. The molecule has 0 unspecified atom stereocenters. The van der Waals surface area contributed by atoms with Gasteiger partial charge in [-0.3, -0.25) is 10.1 Å². The van der Waals surface area contributed by atoms with Crippen LogP contribution >= 0.6 is 11.6 Å². The highest BCUT2D eigenvalue weighted by Crippen LogP contribution is 2.33. The van der Waals surface area contributed by atoms with Gasteiger partial charge in [-0.25, -0.2) is 0 Å². The Kier molecular flexibility index (Phi) is 3.29. The highest BCUT2D eigenvalue weighted by Gasteiger charge is 2.22. The van der Waals surface area contributed by atoms with Gasteiger partial charge in [-0.1, -0.05) is 11.6 Å². The SMILES string of the molecule is O=[N+]([O-])c1ccc(Cl)cc1OC1CCCC1. The number of rotatable bonds is 3. The van der Waals surface area contributed by atoms with Gasteiger partial charge >= 0.3 is 5.69 Å². The Morgan fingerprint density at radius 2 is 2.06 bits per heavy atom. The standard InChI is InChI=1S/C11H12ClNO3/c12-8-5-6-10(13(14)15)11(7-8)16-9-3-1-2-4-9/h5-7,9H,1-4H2. The maximum absolute atomic E-state index is 10.8. The maximum atomic E-state index is 10.8. The first kappa shape index (κ1) is 11.2. The van der Waals surface area contributed by atoms with E-state index in [0.29, 0.717) is 5.02 Å². The lowest BCUT2D eigenvalue weighted by Gasteiger charge is -2.12. The van der Waals surface area contributed by atoms with Crippen molar-refractivity contribution in [2.75, 3.05) is 0 Å². The first-order chi connectivity index (χ1) is 7.66. The molecule has 1 aromatic carbocycles. The first-order valence-electron chi connectivity index (χ1n) is 5.27. The van der Waals surface area contributed by atoms with E-state index in [1.54, 1.807) is 0 Å². The van der Waals surface area contributed by atoms with E-state index < -0.39 is 4.92 Å². The number of halogens is 1. The van der Waals surface area contributed by atoms with Crippen LogP contribution in [0, 0.1) is 10.1 Å². The van der Waals surface area contributed by atoms with Gasteiger partial charge in [-0.15, -0.1) is 0 Å². The second-order valence-electron chi connectivity index (χ2n) is 3.89. The zero-order valence-electron chi connectivity index (χ0n) is 8.69. The predicted octanol–water partition coefficient (Wildman–Crippen LogP) is 3.57. The lowest BCUT2D eigenvalue weighted by molar-refractivity contribution is -0.386. The minimum absolute atomic E-state index is 0.0173. The third-order valence-corrected chi connectivity index (χ3v) is 2.95. The molecule has 0 saturated heterocycles. The summed E-state index contributed by atoms with van der Waals surface area (Å²) in [7, 11) is 0. The topological polar surface area (TPSA) is 52.4 Å². The Morgan fingerprint density at radius 1 is 1.38 bits per heavy atom. The first-order valence-corrected chi connectivity index (χ1v) is 5.65. The van der Waals surface area contributed by atoms with Gasteiger partial charge in [-0.2, -0.15) is 0 Å². The lowest BCUT2D eigenvalue weighted by Crippen LogP contribution is -2.11. The van der Waals surface area contributed by atoms with Crippen molar-refractivity contribution >= 4 is 17.3 Å². The fraction of sp³-hybridized carbons (Fsp3) is 0.455. The molecule has 0 aliphatic heterocycles.